The molecule has 104 valence electrons. The second-order valence-electron chi connectivity index (χ2n) is 5.06. The monoisotopic (exact) mass is 265 g/mol. The Morgan fingerprint density at radius 1 is 1.53 bits per heavy atom. The maximum absolute atomic E-state index is 13.4. The largest absolute Gasteiger partial charge is 0.397 e. The van der Waals surface area contributed by atoms with Crippen LogP contribution in [0.4, 0.5) is 15.8 Å². The third-order valence-electron chi connectivity index (χ3n) is 3.69. The number of halogens is 1. The summed E-state index contributed by atoms with van der Waals surface area (Å²) in [6.45, 7) is 3.20. The van der Waals surface area contributed by atoms with E-state index >= 15 is 0 Å². The highest BCUT2D eigenvalue weighted by molar-refractivity contribution is 5.80. The predicted octanol–water partition coefficient (Wildman–Crippen LogP) is 1.68. The lowest BCUT2D eigenvalue weighted by atomic mass is 9.96. The van der Waals surface area contributed by atoms with Gasteiger partial charge in [-0.15, -0.1) is 0 Å². The van der Waals surface area contributed by atoms with Crippen LogP contribution in [0.5, 0.6) is 0 Å². The van der Waals surface area contributed by atoms with E-state index in [0.29, 0.717) is 17.8 Å². The molecule has 5 heteroatoms. The van der Waals surface area contributed by atoms with Crippen LogP contribution in [0.1, 0.15) is 18.4 Å². The van der Waals surface area contributed by atoms with Crippen LogP contribution in [0, 0.1) is 18.7 Å². The Morgan fingerprint density at radius 3 is 2.95 bits per heavy atom. The van der Waals surface area contributed by atoms with Gasteiger partial charge in [-0.25, -0.2) is 4.39 Å². The molecular weight excluding hydrogens is 245 g/mol. The van der Waals surface area contributed by atoms with Crippen molar-refractivity contribution in [3.8, 4) is 0 Å². The van der Waals surface area contributed by atoms with Crippen LogP contribution in [0.2, 0.25) is 0 Å². The van der Waals surface area contributed by atoms with Crippen molar-refractivity contribution < 1.29 is 9.18 Å². The molecule has 1 saturated heterocycles. The number of carbonyl (C=O) groups is 1. The van der Waals surface area contributed by atoms with Gasteiger partial charge in [0, 0.05) is 20.1 Å². The van der Waals surface area contributed by atoms with Gasteiger partial charge in [0.25, 0.3) is 0 Å². The molecule has 0 radical (unpaired) electrons. The molecular formula is C14H20FN3O. The van der Waals surface area contributed by atoms with Crippen molar-refractivity contribution in [2.24, 2.45) is 5.92 Å². The molecule has 1 fully saturated rings. The number of carbonyl (C=O) groups excluding carboxylic acids is 1. The van der Waals surface area contributed by atoms with Crippen molar-refractivity contribution in [2.75, 3.05) is 30.8 Å². The Balaban J connectivity index is 2.22. The highest BCUT2D eigenvalue weighted by Crippen LogP contribution is 2.30. The highest BCUT2D eigenvalue weighted by atomic mass is 19.1. The van der Waals surface area contributed by atoms with Crippen molar-refractivity contribution >= 4 is 17.3 Å². The fraction of sp³-hybridized carbons (Fsp3) is 0.500. The number of nitrogens with zero attached hydrogens (tertiary/aromatic N) is 1. The molecule has 1 aliphatic heterocycles. The maximum Gasteiger partial charge on any atom is 0.224 e. The van der Waals surface area contributed by atoms with Crippen LogP contribution in [-0.4, -0.2) is 26.0 Å². The molecule has 1 unspecified atom stereocenters. The number of hydrogen-bond donors (Lipinski definition) is 2. The molecule has 0 spiro atoms. The van der Waals surface area contributed by atoms with Crippen molar-refractivity contribution in [2.45, 2.75) is 19.8 Å². The summed E-state index contributed by atoms with van der Waals surface area (Å²) >= 11 is 0. The van der Waals surface area contributed by atoms with Gasteiger partial charge < -0.3 is 16.0 Å². The van der Waals surface area contributed by atoms with Gasteiger partial charge in [-0.2, -0.15) is 0 Å². The first-order valence-corrected chi connectivity index (χ1v) is 6.55. The van der Waals surface area contributed by atoms with E-state index in [0.717, 1.165) is 25.1 Å². The summed E-state index contributed by atoms with van der Waals surface area (Å²) in [5.41, 5.74) is 7.73. The number of hydrogen-bond acceptors (Lipinski definition) is 3. The second kappa shape index (κ2) is 5.47. The highest BCUT2D eigenvalue weighted by Gasteiger charge is 2.26. The Hall–Kier alpha value is -1.78. The standard InChI is InChI=1S/C14H20FN3O/c1-9-6-13(12(16)7-11(9)15)18-5-3-4-10(8-18)14(19)17-2/h6-7,10H,3-5,8,16H2,1-2H3,(H,17,19). The zero-order chi connectivity index (χ0) is 14.0. The third kappa shape index (κ3) is 2.80. The minimum atomic E-state index is -0.291. The maximum atomic E-state index is 13.4. The first-order chi connectivity index (χ1) is 9.02. The van der Waals surface area contributed by atoms with E-state index < -0.39 is 0 Å². The molecule has 19 heavy (non-hydrogen) atoms. The zero-order valence-corrected chi connectivity index (χ0v) is 11.4. The summed E-state index contributed by atoms with van der Waals surface area (Å²) in [5, 5.41) is 2.68. The van der Waals surface area contributed by atoms with E-state index in [-0.39, 0.29) is 17.6 Å². The van der Waals surface area contributed by atoms with Crippen LogP contribution in [-0.2, 0) is 4.79 Å². The quantitative estimate of drug-likeness (QED) is 0.800. The second-order valence-corrected chi connectivity index (χ2v) is 5.06. The number of nitrogens with one attached hydrogen (secondary N) is 1. The van der Waals surface area contributed by atoms with E-state index in [1.54, 1.807) is 20.0 Å². The molecule has 1 amide bonds. The molecule has 2 rings (SSSR count). The first kappa shape index (κ1) is 13.6. The Morgan fingerprint density at radius 2 is 2.26 bits per heavy atom. The molecule has 0 aromatic heterocycles. The molecule has 0 aliphatic carbocycles. The lowest BCUT2D eigenvalue weighted by molar-refractivity contribution is -0.124. The van der Waals surface area contributed by atoms with Crippen LogP contribution in [0.15, 0.2) is 12.1 Å². The molecule has 4 nitrogen and oxygen atoms in total. The van der Waals surface area contributed by atoms with E-state index in [9.17, 15) is 9.18 Å². The molecule has 3 N–H and O–H groups in total. The van der Waals surface area contributed by atoms with Gasteiger partial charge in [-0.1, -0.05) is 0 Å². The fourth-order valence-electron chi connectivity index (χ4n) is 2.57. The first-order valence-electron chi connectivity index (χ1n) is 6.55. The molecule has 1 heterocycles. The number of anilines is 2. The molecule has 1 atom stereocenters. The zero-order valence-electron chi connectivity index (χ0n) is 11.4. The SMILES string of the molecule is CNC(=O)C1CCCN(c2cc(C)c(F)cc2N)C1. The number of aryl methyl sites for hydroxylation is 1. The van der Waals surface area contributed by atoms with Crippen LogP contribution < -0.4 is 16.0 Å². The Labute approximate surface area is 112 Å². The van der Waals surface area contributed by atoms with Crippen LogP contribution >= 0.6 is 0 Å². The summed E-state index contributed by atoms with van der Waals surface area (Å²) in [6.07, 6.45) is 1.82. The number of nitrogens with two attached hydrogens (primary N) is 1. The van der Waals surface area contributed by atoms with Gasteiger partial charge in [-0.05, 0) is 37.5 Å². The number of amides is 1. The summed E-state index contributed by atoms with van der Waals surface area (Å²) < 4.78 is 13.4. The molecule has 1 aromatic carbocycles. The molecule has 1 aromatic rings. The Bertz CT molecular complexity index is 490. The predicted molar refractivity (Wildman–Crippen MR) is 74.6 cm³/mol. The van der Waals surface area contributed by atoms with Crippen molar-refractivity contribution in [3.63, 3.8) is 0 Å². The summed E-state index contributed by atoms with van der Waals surface area (Å²) in [6, 6.07) is 3.12. The summed E-state index contributed by atoms with van der Waals surface area (Å²) in [5.74, 6) is -0.258. The number of benzene rings is 1. The van der Waals surface area contributed by atoms with Crippen molar-refractivity contribution in [1.29, 1.82) is 0 Å². The average molecular weight is 265 g/mol. The molecule has 0 saturated carbocycles. The lowest BCUT2D eigenvalue weighted by Crippen LogP contribution is -2.42. The van der Waals surface area contributed by atoms with Crippen molar-refractivity contribution in [3.05, 3.63) is 23.5 Å². The van der Waals surface area contributed by atoms with E-state index in [2.05, 4.69) is 10.2 Å². The number of piperidine rings is 1. The smallest absolute Gasteiger partial charge is 0.224 e. The minimum Gasteiger partial charge on any atom is -0.397 e. The van der Waals surface area contributed by atoms with E-state index in [1.807, 2.05) is 0 Å². The van der Waals surface area contributed by atoms with Gasteiger partial charge in [0.1, 0.15) is 5.82 Å². The van der Waals surface area contributed by atoms with Crippen LogP contribution in [0.25, 0.3) is 0 Å². The fourth-order valence-corrected chi connectivity index (χ4v) is 2.57. The normalized spacial score (nSPS) is 19.3. The molecule has 1 aliphatic rings. The van der Waals surface area contributed by atoms with Crippen LogP contribution in [0.3, 0.4) is 0 Å². The van der Waals surface area contributed by atoms with Gasteiger partial charge in [-0.3, -0.25) is 4.79 Å². The van der Waals surface area contributed by atoms with Gasteiger partial charge in [0.15, 0.2) is 0 Å². The van der Waals surface area contributed by atoms with Gasteiger partial charge >= 0.3 is 0 Å². The van der Waals surface area contributed by atoms with Gasteiger partial charge in [0.2, 0.25) is 5.91 Å². The number of nitrogen functional groups attached to an aromatic ring is 1. The summed E-state index contributed by atoms with van der Waals surface area (Å²) in [4.78, 5) is 13.8. The van der Waals surface area contributed by atoms with E-state index in [4.69, 9.17) is 5.73 Å². The van der Waals surface area contributed by atoms with Crippen molar-refractivity contribution in [1.82, 2.24) is 5.32 Å². The topological polar surface area (TPSA) is 58.4 Å². The van der Waals surface area contributed by atoms with Gasteiger partial charge in [0.05, 0.1) is 17.3 Å². The van der Waals surface area contributed by atoms with E-state index in [1.165, 1.54) is 6.07 Å². The minimum absolute atomic E-state index is 0.0245. The third-order valence-corrected chi connectivity index (χ3v) is 3.69. The molecule has 0 bridgehead atoms. The summed E-state index contributed by atoms with van der Waals surface area (Å²) in [7, 11) is 1.65. The number of rotatable bonds is 2. The Kier molecular flexibility index (Phi) is 3.93. The lowest BCUT2D eigenvalue weighted by Gasteiger charge is -2.34. The average Bonchev–Trinajstić information content (AvgIpc) is 2.42.